The topological polar surface area (TPSA) is 92.4 Å². The van der Waals surface area contributed by atoms with Crippen LogP contribution in [0.15, 0.2) is 10.6 Å². The normalized spacial score (nSPS) is 11.0. The lowest BCUT2D eigenvalue weighted by Crippen LogP contribution is -2.28. The lowest BCUT2D eigenvalue weighted by atomic mass is 9.90. The van der Waals surface area contributed by atoms with Crippen LogP contribution in [0, 0.1) is 0 Å². The molecule has 0 saturated carbocycles. The summed E-state index contributed by atoms with van der Waals surface area (Å²) in [6.45, 7) is 3.00. The second-order valence-corrected chi connectivity index (χ2v) is 3.27. The Bertz CT molecular complexity index is 356. The number of hydrogen-bond acceptors (Lipinski definition) is 4. The first-order valence-electron chi connectivity index (χ1n) is 3.89. The summed E-state index contributed by atoms with van der Waals surface area (Å²) in [5.74, 6) is -0.882. The average molecular weight is 198 g/mol. The van der Waals surface area contributed by atoms with E-state index in [2.05, 4.69) is 15.0 Å². The van der Waals surface area contributed by atoms with Crippen molar-refractivity contribution in [1.29, 1.82) is 0 Å². The minimum atomic E-state index is -1.13. The fraction of sp³-hybridized carbons (Fsp3) is 0.375. The van der Waals surface area contributed by atoms with Crippen LogP contribution in [0.4, 0.5) is 5.88 Å². The summed E-state index contributed by atoms with van der Waals surface area (Å²) in [7, 11) is 0. The summed E-state index contributed by atoms with van der Waals surface area (Å²) in [6, 6.07) is 1.38. The summed E-state index contributed by atoms with van der Waals surface area (Å²) in [4.78, 5) is 20.9. The Hall–Kier alpha value is -1.85. The van der Waals surface area contributed by atoms with Gasteiger partial charge in [0.05, 0.1) is 0 Å². The molecule has 1 aromatic heterocycles. The number of aliphatic carboxylic acids is 1. The highest BCUT2D eigenvalue weighted by atomic mass is 16.5. The molecule has 0 radical (unpaired) electrons. The van der Waals surface area contributed by atoms with Crippen LogP contribution >= 0.6 is 0 Å². The molecular formula is C8H10N2O4. The zero-order valence-corrected chi connectivity index (χ0v) is 7.77. The van der Waals surface area contributed by atoms with Gasteiger partial charge in [-0.05, 0) is 13.8 Å². The number of aromatic nitrogens is 1. The maximum atomic E-state index is 10.8. The second-order valence-electron chi connectivity index (χ2n) is 3.27. The zero-order chi connectivity index (χ0) is 10.8. The molecule has 0 aliphatic rings. The molecule has 1 rings (SSSR count). The van der Waals surface area contributed by atoms with Gasteiger partial charge in [0, 0.05) is 6.07 Å². The van der Waals surface area contributed by atoms with Crippen molar-refractivity contribution in [3.63, 3.8) is 0 Å². The number of carboxylic acids is 1. The smallest absolute Gasteiger partial charge is 0.315 e. The predicted molar refractivity (Wildman–Crippen MR) is 46.9 cm³/mol. The van der Waals surface area contributed by atoms with Crippen molar-refractivity contribution in [3.8, 4) is 0 Å². The molecular weight excluding hydrogens is 188 g/mol. The third-order valence-corrected chi connectivity index (χ3v) is 1.89. The lowest BCUT2D eigenvalue weighted by molar-refractivity contribution is -0.142. The van der Waals surface area contributed by atoms with Crippen molar-refractivity contribution in [2.24, 2.45) is 0 Å². The van der Waals surface area contributed by atoms with E-state index in [0.717, 1.165) is 0 Å². The minimum Gasteiger partial charge on any atom is -0.481 e. The number of amides is 1. The third-order valence-electron chi connectivity index (χ3n) is 1.89. The number of carbonyl (C=O) groups is 2. The summed E-state index contributed by atoms with van der Waals surface area (Å²) in [6.07, 6.45) is 0.429. The van der Waals surface area contributed by atoms with Gasteiger partial charge in [0.15, 0.2) is 0 Å². The molecule has 0 aliphatic heterocycles. The lowest BCUT2D eigenvalue weighted by Gasteiger charge is -2.14. The standard InChI is InChI=1S/C8H10N2O4/c1-8(2,7(12)13)5-3-6(9-4-11)14-10-5/h3-4H,1-2H3,(H,9,11)(H,12,13). The minimum absolute atomic E-state index is 0.129. The number of hydrogen-bond donors (Lipinski definition) is 2. The van der Waals surface area contributed by atoms with Gasteiger partial charge in [0.1, 0.15) is 11.1 Å². The van der Waals surface area contributed by atoms with Crippen molar-refractivity contribution in [3.05, 3.63) is 11.8 Å². The van der Waals surface area contributed by atoms with Gasteiger partial charge in [0.25, 0.3) is 0 Å². The maximum Gasteiger partial charge on any atom is 0.315 e. The van der Waals surface area contributed by atoms with E-state index in [1.165, 1.54) is 19.9 Å². The zero-order valence-electron chi connectivity index (χ0n) is 7.77. The maximum absolute atomic E-state index is 10.8. The average Bonchev–Trinajstić information content (AvgIpc) is 2.53. The highest BCUT2D eigenvalue weighted by Crippen LogP contribution is 2.24. The third kappa shape index (κ3) is 1.73. The summed E-state index contributed by atoms with van der Waals surface area (Å²) in [5.41, 5.74) is -0.874. The molecule has 76 valence electrons. The van der Waals surface area contributed by atoms with E-state index < -0.39 is 11.4 Å². The molecule has 0 unspecified atom stereocenters. The molecule has 14 heavy (non-hydrogen) atoms. The monoisotopic (exact) mass is 198 g/mol. The molecule has 1 aromatic rings. The van der Waals surface area contributed by atoms with Crippen LogP contribution < -0.4 is 5.32 Å². The van der Waals surface area contributed by atoms with Gasteiger partial charge in [-0.3, -0.25) is 14.9 Å². The first-order valence-corrected chi connectivity index (χ1v) is 3.89. The number of carbonyl (C=O) groups excluding carboxylic acids is 1. The van der Waals surface area contributed by atoms with E-state index >= 15 is 0 Å². The largest absolute Gasteiger partial charge is 0.481 e. The fourth-order valence-electron chi connectivity index (χ4n) is 0.805. The van der Waals surface area contributed by atoms with Crippen molar-refractivity contribution in [1.82, 2.24) is 5.16 Å². The van der Waals surface area contributed by atoms with Crippen molar-refractivity contribution in [2.75, 3.05) is 5.32 Å². The molecule has 0 aliphatic carbocycles. The fourth-order valence-corrected chi connectivity index (χ4v) is 0.805. The van der Waals surface area contributed by atoms with Crippen LogP contribution in [0.25, 0.3) is 0 Å². The van der Waals surface area contributed by atoms with E-state index in [0.29, 0.717) is 6.41 Å². The Labute approximate surface area is 79.9 Å². The molecule has 6 nitrogen and oxygen atoms in total. The van der Waals surface area contributed by atoms with Crippen molar-refractivity contribution < 1.29 is 19.2 Å². The highest BCUT2D eigenvalue weighted by Gasteiger charge is 2.33. The number of carboxylic acid groups (broad SMARTS) is 1. The predicted octanol–water partition coefficient (Wildman–Crippen LogP) is 0.605. The van der Waals surface area contributed by atoms with Crippen LogP contribution in [-0.2, 0) is 15.0 Å². The van der Waals surface area contributed by atoms with E-state index in [9.17, 15) is 9.59 Å². The SMILES string of the molecule is CC(C)(C(=O)O)c1cc(NC=O)on1. The van der Waals surface area contributed by atoms with E-state index in [1.807, 2.05) is 0 Å². The first-order chi connectivity index (χ1) is 6.48. The molecule has 0 bridgehead atoms. The Morgan fingerprint density at radius 3 is 2.86 bits per heavy atom. The second kappa shape index (κ2) is 3.49. The molecule has 2 N–H and O–H groups in total. The molecule has 0 fully saturated rings. The Morgan fingerprint density at radius 1 is 1.71 bits per heavy atom. The van der Waals surface area contributed by atoms with Gasteiger partial charge in [-0.15, -0.1) is 0 Å². The summed E-state index contributed by atoms with van der Waals surface area (Å²) < 4.78 is 4.69. The van der Waals surface area contributed by atoms with Crippen molar-refractivity contribution >= 4 is 18.3 Å². The Morgan fingerprint density at radius 2 is 2.36 bits per heavy atom. The molecule has 0 saturated heterocycles. The molecule has 1 amide bonds. The summed E-state index contributed by atoms with van der Waals surface area (Å²) in [5, 5.41) is 14.6. The molecule has 0 spiro atoms. The number of anilines is 1. The van der Waals surface area contributed by atoms with Crippen LogP contribution in [0.2, 0.25) is 0 Å². The highest BCUT2D eigenvalue weighted by molar-refractivity contribution is 5.80. The van der Waals surface area contributed by atoms with Gasteiger partial charge in [-0.25, -0.2) is 0 Å². The molecule has 1 heterocycles. The number of rotatable bonds is 4. The van der Waals surface area contributed by atoms with E-state index in [-0.39, 0.29) is 11.6 Å². The van der Waals surface area contributed by atoms with Gasteiger partial charge in [0.2, 0.25) is 12.3 Å². The van der Waals surface area contributed by atoms with Gasteiger partial charge < -0.3 is 9.63 Å². The quantitative estimate of drug-likeness (QED) is 0.691. The van der Waals surface area contributed by atoms with Crippen molar-refractivity contribution in [2.45, 2.75) is 19.3 Å². The van der Waals surface area contributed by atoms with E-state index in [1.54, 1.807) is 0 Å². The van der Waals surface area contributed by atoms with E-state index in [4.69, 9.17) is 5.11 Å². The summed E-state index contributed by atoms with van der Waals surface area (Å²) >= 11 is 0. The number of nitrogens with one attached hydrogen (secondary N) is 1. The van der Waals surface area contributed by atoms with Crippen LogP contribution in [0.1, 0.15) is 19.5 Å². The Balaban J connectivity index is 2.96. The van der Waals surface area contributed by atoms with Crippen LogP contribution in [0.5, 0.6) is 0 Å². The first kappa shape index (κ1) is 10.2. The molecule has 0 atom stereocenters. The van der Waals surface area contributed by atoms with Crippen LogP contribution in [0.3, 0.4) is 0 Å². The van der Waals surface area contributed by atoms with Gasteiger partial charge in [-0.1, -0.05) is 5.16 Å². The van der Waals surface area contributed by atoms with Gasteiger partial charge >= 0.3 is 5.97 Å². The Kier molecular flexibility index (Phi) is 2.55. The van der Waals surface area contributed by atoms with Gasteiger partial charge in [-0.2, -0.15) is 0 Å². The van der Waals surface area contributed by atoms with Crippen LogP contribution in [-0.4, -0.2) is 22.6 Å². The molecule has 0 aromatic carbocycles. The molecule has 6 heteroatoms. The number of nitrogens with zero attached hydrogens (tertiary/aromatic N) is 1.